The van der Waals surface area contributed by atoms with Crippen LogP contribution >= 0.6 is 0 Å². The number of amides is 2. The van der Waals surface area contributed by atoms with Crippen molar-refractivity contribution in [3.63, 3.8) is 0 Å². The highest BCUT2D eigenvalue weighted by atomic mass is 19.4. The maximum atomic E-state index is 12.8. The molecule has 1 aromatic heterocycles. The number of nitrogens with one attached hydrogen (secondary N) is 2. The Hall–Kier alpha value is -2.64. The molecule has 0 saturated carbocycles. The van der Waals surface area contributed by atoms with Gasteiger partial charge in [-0.1, -0.05) is 12.1 Å². The molecule has 0 aliphatic rings. The smallest absolute Gasteiger partial charge is 0.338 e. The SMILES string of the molecule is O=C(NCCc1cncnc1)Nc1ccccc1C(F)(F)F. The second-order valence-electron chi connectivity index (χ2n) is 4.42. The lowest BCUT2D eigenvalue weighted by Crippen LogP contribution is -2.31. The summed E-state index contributed by atoms with van der Waals surface area (Å²) in [6.45, 7) is 0.257. The van der Waals surface area contributed by atoms with E-state index >= 15 is 0 Å². The minimum atomic E-state index is -4.52. The van der Waals surface area contributed by atoms with E-state index in [9.17, 15) is 18.0 Å². The van der Waals surface area contributed by atoms with Gasteiger partial charge in [-0.15, -0.1) is 0 Å². The van der Waals surface area contributed by atoms with E-state index < -0.39 is 17.8 Å². The lowest BCUT2D eigenvalue weighted by atomic mass is 10.1. The Morgan fingerprint density at radius 1 is 1.14 bits per heavy atom. The number of halogens is 3. The molecule has 0 bridgehead atoms. The molecule has 2 amide bonds. The first kappa shape index (κ1) is 15.7. The summed E-state index contributed by atoms with van der Waals surface area (Å²) in [5.74, 6) is 0. The van der Waals surface area contributed by atoms with Crippen LogP contribution in [0.25, 0.3) is 0 Å². The number of aromatic nitrogens is 2. The molecule has 116 valence electrons. The first-order valence-corrected chi connectivity index (χ1v) is 6.42. The third-order valence-electron chi connectivity index (χ3n) is 2.79. The van der Waals surface area contributed by atoms with Crippen molar-refractivity contribution in [2.75, 3.05) is 11.9 Å². The fourth-order valence-corrected chi connectivity index (χ4v) is 1.79. The van der Waals surface area contributed by atoms with Crippen LogP contribution < -0.4 is 10.6 Å². The van der Waals surface area contributed by atoms with Crippen molar-refractivity contribution in [1.29, 1.82) is 0 Å². The molecule has 0 spiro atoms. The number of nitrogens with zero attached hydrogens (tertiary/aromatic N) is 2. The molecule has 1 heterocycles. The monoisotopic (exact) mass is 310 g/mol. The van der Waals surface area contributed by atoms with Crippen molar-refractivity contribution in [3.8, 4) is 0 Å². The number of benzene rings is 1. The van der Waals surface area contributed by atoms with E-state index in [0.717, 1.165) is 11.6 Å². The molecule has 0 radical (unpaired) electrons. The van der Waals surface area contributed by atoms with Crippen LogP contribution in [0.3, 0.4) is 0 Å². The topological polar surface area (TPSA) is 66.9 Å². The number of urea groups is 1. The highest BCUT2D eigenvalue weighted by molar-refractivity contribution is 5.90. The van der Waals surface area contributed by atoms with E-state index in [0.29, 0.717) is 6.42 Å². The molecule has 1 aromatic carbocycles. The predicted octanol–water partition coefficient (Wildman–Crippen LogP) is 2.86. The van der Waals surface area contributed by atoms with Gasteiger partial charge in [-0.2, -0.15) is 13.2 Å². The van der Waals surface area contributed by atoms with Gasteiger partial charge in [0.15, 0.2) is 0 Å². The average Bonchev–Trinajstić information content (AvgIpc) is 2.48. The first-order valence-electron chi connectivity index (χ1n) is 6.42. The molecule has 22 heavy (non-hydrogen) atoms. The maximum absolute atomic E-state index is 12.8. The van der Waals surface area contributed by atoms with E-state index in [1.54, 1.807) is 12.4 Å². The van der Waals surface area contributed by atoms with Gasteiger partial charge in [-0.3, -0.25) is 0 Å². The Bertz CT molecular complexity index is 631. The van der Waals surface area contributed by atoms with Crippen LogP contribution in [0.2, 0.25) is 0 Å². The molecule has 0 fully saturated rings. The van der Waals surface area contributed by atoms with Gasteiger partial charge in [0.05, 0.1) is 11.3 Å². The second kappa shape index (κ2) is 6.88. The van der Waals surface area contributed by atoms with Crippen molar-refractivity contribution in [2.45, 2.75) is 12.6 Å². The van der Waals surface area contributed by atoms with Gasteiger partial charge < -0.3 is 10.6 Å². The number of rotatable bonds is 4. The Morgan fingerprint density at radius 3 is 2.50 bits per heavy atom. The minimum Gasteiger partial charge on any atom is -0.338 e. The highest BCUT2D eigenvalue weighted by Crippen LogP contribution is 2.34. The number of carbonyl (C=O) groups is 1. The van der Waals surface area contributed by atoms with Crippen molar-refractivity contribution in [3.05, 3.63) is 54.1 Å². The first-order chi connectivity index (χ1) is 10.5. The summed E-state index contributed by atoms with van der Waals surface area (Å²) in [6, 6.07) is 4.10. The van der Waals surface area contributed by atoms with Gasteiger partial charge in [0.1, 0.15) is 6.33 Å². The largest absolute Gasteiger partial charge is 0.418 e. The minimum absolute atomic E-state index is 0.257. The summed E-state index contributed by atoms with van der Waals surface area (Å²) < 4.78 is 38.4. The fraction of sp³-hybridized carbons (Fsp3) is 0.214. The van der Waals surface area contributed by atoms with E-state index in [1.165, 1.54) is 24.5 Å². The van der Waals surface area contributed by atoms with E-state index in [-0.39, 0.29) is 12.2 Å². The van der Waals surface area contributed by atoms with Crippen molar-refractivity contribution < 1.29 is 18.0 Å². The number of alkyl halides is 3. The molecule has 8 heteroatoms. The van der Waals surface area contributed by atoms with Crippen LogP contribution in [0, 0.1) is 0 Å². The predicted molar refractivity (Wildman–Crippen MR) is 74.2 cm³/mol. The van der Waals surface area contributed by atoms with Gasteiger partial charge >= 0.3 is 12.2 Å². The van der Waals surface area contributed by atoms with Gasteiger partial charge in [-0.25, -0.2) is 14.8 Å². The van der Waals surface area contributed by atoms with Crippen molar-refractivity contribution >= 4 is 11.7 Å². The van der Waals surface area contributed by atoms with E-state index in [4.69, 9.17) is 0 Å². The summed E-state index contributed by atoms with van der Waals surface area (Å²) in [5.41, 5.74) is -0.351. The molecule has 2 aromatic rings. The van der Waals surface area contributed by atoms with Crippen LogP contribution in [0.15, 0.2) is 43.0 Å². The molecule has 2 rings (SSSR count). The summed E-state index contributed by atoms with van der Waals surface area (Å²) in [7, 11) is 0. The van der Waals surface area contributed by atoms with Crippen LogP contribution in [-0.4, -0.2) is 22.5 Å². The average molecular weight is 310 g/mol. The summed E-state index contributed by atoms with van der Waals surface area (Å²) in [4.78, 5) is 19.3. The molecule has 0 aliphatic heterocycles. The molecule has 0 atom stereocenters. The van der Waals surface area contributed by atoms with Gasteiger partial charge in [0.25, 0.3) is 0 Å². The Kier molecular flexibility index (Phi) is 4.92. The van der Waals surface area contributed by atoms with Crippen molar-refractivity contribution in [1.82, 2.24) is 15.3 Å². The zero-order chi connectivity index (χ0) is 16.0. The van der Waals surface area contributed by atoms with Gasteiger partial charge in [0.2, 0.25) is 0 Å². The summed E-state index contributed by atoms with van der Waals surface area (Å²) >= 11 is 0. The number of para-hydroxylation sites is 1. The molecule has 0 aliphatic carbocycles. The molecule has 5 nitrogen and oxygen atoms in total. The Balaban J connectivity index is 1.90. The van der Waals surface area contributed by atoms with Gasteiger partial charge in [-0.05, 0) is 24.1 Å². The van der Waals surface area contributed by atoms with Crippen molar-refractivity contribution in [2.24, 2.45) is 0 Å². The quantitative estimate of drug-likeness (QED) is 0.912. The van der Waals surface area contributed by atoms with Crippen LogP contribution in [0.1, 0.15) is 11.1 Å². The summed E-state index contributed by atoms with van der Waals surface area (Å²) in [5, 5.41) is 4.69. The zero-order valence-corrected chi connectivity index (χ0v) is 11.4. The Labute approximate surface area is 124 Å². The normalized spacial score (nSPS) is 11.0. The standard InChI is InChI=1S/C14H13F3N4O/c15-14(16,17)11-3-1-2-4-12(11)21-13(22)20-6-5-10-7-18-9-19-8-10/h1-4,7-9H,5-6H2,(H2,20,21,22). The van der Waals surface area contributed by atoms with Crippen LogP contribution in [0.5, 0.6) is 0 Å². The lowest BCUT2D eigenvalue weighted by Gasteiger charge is -2.14. The number of hydrogen-bond donors (Lipinski definition) is 2. The van der Waals surface area contributed by atoms with E-state index in [2.05, 4.69) is 20.6 Å². The molecular formula is C14H13F3N4O. The molecule has 2 N–H and O–H groups in total. The highest BCUT2D eigenvalue weighted by Gasteiger charge is 2.33. The number of carbonyl (C=O) groups excluding carboxylic acids is 1. The van der Waals surface area contributed by atoms with Crippen LogP contribution in [0.4, 0.5) is 23.7 Å². The third kappa shape index (κ3) is 4.44. The number of hydrogen-bond acceptors (Lipinski definition) is 3. The third-order valence-corrected chi connectivity index (χ3v) is 2.79. The molecular weight excluding hydrogens is 297 g/mol. The Morgan fingerprint density at radius 2 is 1.82 bits per heavy atom. The molecule has 0 saturated heterocycles. The van der Waals surface area contributed by atoms with E-state index in [1.807, 2.05) is 0 Å². The fourth-order valence-electron chi connectivity index (χ4n) is 1.79. The zero-order valence-electron chi connectivity index (χ0n) is 11.4. The summed E-state index contributed by atoms with van der Waals surface area (Å²) in [6.07, 6.45) is 0.551. The second-order valence-corrected chi connectivity index (χ2v) is 4.42. The maximum Gasteiger partial charge on any atom is 0.418 e. The molecule has 0 unspecified atom stereocenters. The number of anilines is 1. The van der Waals surface area contributed by atoms with Crippen LogP contribution in [-0.2, 0) is 12.6 Å². The lowest BCUT2D eigenvalue weighted by molar-refractivity contribution is -0.136. The van der Waals surface area contributed by atoms with Gasteiger partial charge in [0, 0.05) is 18.9 Å².